The molecule has 2 rings (SSSR count). The normalized spacial score (nSPS) is 20.9. The van der Waals surface area contributed by atoms with Crippen LogP contribution in [0.2, 0.25) is 0 Å². The molecule has 1 aromatic rings. The molecular formula is C14H15F6NO2S. The van der Waals surface area contributed by atoms with E-state index in [-0.39, 0.29) is 18.2 Å². The summed E-state index contributed by atoms with van der Waals surface area (Å²) in [6.45, 7) is 6.18. The maximum Gasteiger partial charge on any atom is 0.416 e. The first-order valence-corrected chi connectivity index (χ1v) is 8.22. The van der Waals surface area contributed by atoms with Crippen LogP contribution in [0.3, 0.4) is 0 Å². The Bertz CT molecular complexity index is 731. The molecule has 1 heterocycles. The SMILES string of the molecule is CC1(C)N(S(=O)(=O)c2cc(C(F)(F)F)cc(C(F)(F)F)c2)C1(C)C. The van der Waals surface area contributed by atoms with Gasteiger partial charge in [-0.05, 0) is 45.9 Å². The lowest BCUT2D eigenvalue weighted by Crippen LogP contribution is -2.21. The highest BCUT2D eigenvalue weighted by Crippen LogP contribution is 2.54. The Morgan fingerprint density at radius 2 is 1.12 bits per heavy atom. The molecule has 1 saturated heterocycles. The van der Waals surface area contributed by atoms with E-state index in [9.17, 15) is 34.8 Å². The zero-order valence-electron chi connectivity index (χ0n) is 13.2. The van der Waals surface area contributed by atoms with Gasteiger partial charge in [-0.2, -0.15) is 30.6 Å². The molecule has 1 aliphatic heterocycles. The summed E-state index contributed by atoms with van der Waals surface area (Å²) in [4.78, 5) is -1.02. The van der Waals surface area contributed by atoms with Crippen molar-refractivity contribution in [3.05, 3.63) is 29.3 Å². The van der Waals surface area contributed by atoms with E-state index in [4.69, 9.17) is 0 Å². The second-order valence-electron chi connectivity index (χ2n) is 6.63. The van der Waals surface area contributed by atoms with Crippen molar-refractivity contribution in [2.75, 3.05) is 0 Å². The van der Waals surface area contributed by atoms with Crippen LogP contribution in [0.4, 0.5) is 26.3 Å². The predicted octanol–water partition coefficient (Wildman–Crippen LogP) is 4.29. The van der Waals surface area contributed by atoms with Crippen LogP contribution >= 0.6 is 0 Å². The number of sulfonamides is 1. The molecule has 10 heteroatoms. The van der Waals surface area contributed by atoms with Gasteiger partial charge in [-0.1, -0.05) is 0 Å². The highest BCUT2D eigenvalue weighted by atomic mass is 32.2. The summed E-state index contributed by atoms with van der Waals surface area (Å²) in [6, 6.07) is 0.363. The van der Waals surface area contributed by atoms with Crippen molar-refractivity contribution in [3.63, 3.8) is 0 Å². The summed E-state index contributed by atoms with van der Waals surface area (Å²) in [5.74, 6) is 0. The van der Waals surface area contributed by atoms with Gasteiger partial charge in [0.05, 0.1) is 27.1 Å². The van der Waals surface area contributed by atoms with E-state index in [0.29, 0.717) is 0 Å². The van der Waals surface area contributed by atoms with Crippen molar-refractivity contribution in [2.24, 2.45) is 0 Å². The minimum atomic E-state index is -5.10. The monoisotopic (exact) mass is 375 g/mol. The fourth-order valence-electron chi connectivity index (χ4n) is 2.66. The number of rotatable bonds is 2. The quantitative estimate of drug-likeness (QED) is 0.571. The first-order valence-electron chi connectivity index (χ1n) is 6.78. The Morgan fingerprint density at radius 3 is 1.38 bits per heavy atom. The molecule has 0 atom stereocenters. The third kappa shape index (κ3) is 2.79. The summed E-state index contributed by atoms with van der Waals surface area (Å²) in [5.41, 5.74) is -5.15. The molecule has 1 aromatic carbocycles. The average molecular weight is 375 g/mol. The first kappa shape index (κ1) is 19.0. The minimum Gasteiger partial charge on any atom is -0.207 e. The van der Waals surface area contributed by atoms with Gasteiger partial charge in [0.25, 0.3) is 0 Å². The summed E-state index contributed by atoms with van der Waals surface area (Å²) in [7, 11) is -4.51. The zero-order valence-corrected chi connectivity index (χ0v) is 14.0. The number of halogens is 6. The van der Waals surface area contributed by atoms with E-state index >= 15 is 0 Å². The molecule has 1 aliphatic rings. The minimum absolute atomic E-state index is 0.0997. The maximum absolute atomic E-state index is 12.9. The Hall–Kier alpha value is -1.29. The smallest absolute Gasteiger partial charge is 0.207 e. The Kier molecular flexibility index (Phi) is 3.87. The lowest BCUT2D eigenvalue weighted by atomic mass is 10.0. The molecule has 0 aliphatic carbocycles. The van der Waals surface area contributed by atoms with E-state index < -0.39 is 49.5 Å². The molecule has 3 nitrogen and oxygen atoms in total. The van der Waals surface area contributed by atoms with Crippen molar-refractivity contribution in [1.29, 1.82) is 0 Å². The van der Waals surface area contributed by atoms with Crippen LogP contribution in [0.5, 0.6) is 0 Å². The van der Waals surface area contributed by atoms with Crippen LogP contribution in [0.15, 0.2) is 23.1 Å². The average Bonchev–Trinajstić information content (AvgIpc) is 2.77. The second-order valence-corrected chi connectivity index (χ2v) is 8.42. The van der Waals surface area contributed by atoms with Crippen molar-refractivity contribution in [1.82, 2.24) is 4.31 Å². The van der Waals surface area contributed by atoms with Crippen molar-refractivity contribution in [3.8, 4) is 0 Å². The van der Waals surface area contributed by atoms with Gasteiger partial charge in [0, 0.05) is 0 Å². The molecule has 0 amide bonds. The molecule has 24 heavy (non-hydrogen) atoms. The lowest BCUT2D eigenvalue weighted by Gasteiger charge is -2.16. The van der Waals surface area contributed by atoms with Gasteiger partial charge >= 0.3 is 12.4 Å². The van der Waals surface area contributed by atoms with E-state index in [1.165, 1.54) is 0 Å². The topological polar surface area (TPSA) is 37.1 Å². The Labute approximate surface area is 135 Å². The third-order valence-electron chi connectivity index (χ3n) is 4.56. The van der Waals surface area contributed by atoms with Gasteiger partial charge in [-0.3, -0.25) is 0 Å². The van der Waals surface area contributed by atoms with Crippen LogP contribution in [-0.4, -0.2) is 23.8 Å². The highest BCUT2D eigenvalue weighted by molar-refractivity contribution is 7.89. The van der Waals surface area contributed by atoms with Gasteiger partial charge in [-0.25, -0.2) is 8.42 Å². The molecule has 0 radical (unpaired) electrons. The van der Waals surface area contributed by atoms with E-state index in [2.05, 4.69) is 0 Å². The predicted molar refractivity (Wildman–Crippen MR) is 73.6 cm³/mol. The van der Waals surface area contributed by atoms with E-state index in [1.54, 1.807) is 27.7 Å². The van der Waals surface area contributed by atoms with Gasteiger partial charge in [0.1, 0.15) is 0 Å². The van der Waals surface area contributed by atoms with Crippen LogP contribution in [-0.2, 0) is 22.4 Å². The fourth-order valence-corrected chi connectivity index (χ4v) is 5.03. The van der Waals surface area contributed by atoms with Crippen LogP contribution in [0.25, 0.3) is 0 Å². The standard InChI is InChI=1S/C14H15F6NO2S/c1-11(2)12(3,4)21(11)24(22,23)10-6-8(13(15,16)17)5-9(7-10)14(18,19)20/h5-7H,1-4H3. The molecule has 0 saturated carbocycles. The second kappa shape index (κ2) is 4.87. The number of hydrogen-bond donors (Lipinski definition) is 0. The Balaban J connectivity index is 2.67. The zero-order chi connectivity index (χ0) is 18.9. The van der Waals surface area contributed by atoms with Gasteiger partial charge in [0.15, 0.2) is 0 Å². The van der Waals surface area contributed by atoms with E-state index in [1.807, 2.05) is 0 Å². The highest BCUT2D eigenvalue weighted by Gasteiger charge is 2.69. The number of nitrogens with zero attached hydrogens (tertiary/aromatic N) is 1. The van der Waals surface area contributed by atoms with Crippen LogP contribution in [0.1, 0.15) is 38.8 Å². The van der Waals surface area contributed by atoms with E-state index in [0.717, 1.165) is 4.31 Å². The van der Waals surface area contributed by atoms with Crippen LogP contribution < -0.4 is 0 Å². The number of alkyl halides is 6. The molecule has 0 spiro atoms. The number of hydrogen-bond acceptors (Lipinski definition) is 2. The molecule has 136 valence electrons. The van der Waals surface area contributed by atoms with Gasteiger partial charge < -0.3 is 0 Å². The summed E-state index contributed by atoms with van der Waals surface area (Å²) < 4.78 is 103. The summed E-state index contributed by atoms with van der Waals surface area (Å²) in [6.07, 6.45) is -10.2. The molecule has 0 aromatic heterocycles. The molecular weight excluding hydrogens is 360 g/mol. The fraction of sp³-hybridized carbons (Fsp3) is 0.571. The lowest BCUT2D eigenvalue weighted by molar-refractivity contribution is -0.143. The summed E-state index contributed by atoms with van der Waals surface area (Å²) in [5, 5.41) is 0. The largest absolute Gasteiger partial charge is 0.416 e. The summed E-state index contributed by atoms with van der Waals surface area (Å²) >= 11 is 0. The maximum atomic E-state index is 12.9. The number of benzene rings is 1. The van der Waals surface area contributed by atoms with Crippen molar-refractivity contribution < 1.29 is 34.8 Å². The third-order valence-corrected chi connectivity index (χ3v) is 6.79. The van der Waals surface area contributed by atoms with Gasteiger partial charge in [0.2, 0.25) is 10.0 Å². The molecule has 0 N–H and O–H groups in total. The van der Waals surface area contributed by atoms with Crippen molar-refractivity contribution >= 4 is 10.0 Å². The molecule has 0 bridgehead atoms. The van der Waals surface area contributed by atoms with Crippen LogP contribution in [0, 0.1) is 0 Å². The Morgan fingerprint density at radius 1 is 0.792 bits per heavy atom. The van der Waals surface area contributed by atoms with Gasteiger partial charge in [-0.15, -0.1) is 0 Å². The van der Waals surface area contributed by atoms with Crippen molar-refractivity contribution in [2.45, 2.75) is 56.0 Å². The molecule has 1 fully saturated rings. The first-order chi connectivity index (χ1) is 10.4. The molecule has 0 unspecified atom stereocenters.